The maximum Gasteiger partial charge on any atom is 0.131 e. The van der Waals surface area contributed by atoms with Gasteiger partial charge >= 0.3 is 0 Å². The Morgan fingerprint density at radius 1 is 1.47 bits per heavy atom. The van der Waals surface area contributed by atoms with Crippen molar-refractivity contribution >= 4 is 21.7 Å². The van der Waals surface area contributed by atoms with Crippen molar-refractivity contribution in [3.63, 3.8) is 0 Å². The van der Waals surface area contributed by atoms with E-state index in [0.717, 1.165) is 24.3 Å². The highest BCUT2D eigenvalue weighted by Gasteiger charge is 2.19. The van der Waals surface area contributed by atoms with Crippen molar-refractivity contribution in [2.75, 3.05) is 23.3 Å². The smallest absolute Gasteiger partial charge is 0.131 e. The molecule has 2 nitrogen and oxygen atoms in total. The molecule has 0 aromatic carbocycles. The van der Waals surface area contributed by atoms with Crippen LogP contribution in [0.5, 0.6) is 0 Å². The van der Waals surface area contributed by atoms with Gasteiger partial charge in [0.2, 0.25) is 0 Å². The monoisotopic (exact) mass is 268 g/mol. The fourth-order valence-electron chi connectivity index (χ4n) is 2.11. The highest BCUT2D eigenvalue weighted by Crippen LogP contribution is 2.24. The van der Waals surface area contributed by atoms with E-state index in [9.17, 15) is 0 Å². The molecule has 3 heteroatoms. The Kier molecular flexibility index (Phi) is 3.62. The lowest BCUT2D eigenvalue weighted by Gasteiger charge is -2.32. The van der Waals surface area contributed by atoms with Crippen molar-refractivity contribution in [1.82, 2.24) is 4.98 Å². The van der Waals surface area contributed by atoms with E-state index >= 15 is 0 Å². The molecule has 0 unspecified atom stereocenters. The molecular weight excluding hydrogens is 252 g/mol. The minimum atomic E-state index is 0.852. The van der Waals surface area contributed by atoms with Gasteiger partial charge in [-0.25, -0.2) is 4.98 Å². The van der Waals surface area contributed by atoms with Gasteiger partial charge in [0, 0.05) is 24.6 Å². The van der Waals surface area contributed by atoms with Gasteiger partial charge in [-0.1, -0.05) is 22.0 Å². The summed E-state index contributed by atoms with van der Waals surface area (Å²) in [4.78, 5) is 6.88. The van der Waals surface area contributed by atoms with Gasteiger partial charge in [0.25, 0.3) is 0 Å². The average Bonchev–Trinajstić information content (AvgIpc) is 2.30. The number of rotatable bonds is 2. The molecule has 1 aliphatic heterocycles. The summed E-state index contributed by atoms with van der Waals surface area (Å²) in [6.45, 7) is 4.43. The van der Waals surface area contributed by atoms with Gasteiger partial charge in [0.1, 0.15) is 5.82 Å². The number of nitrogens with zero attached hydrogens (tertiary/aromatic N) is 2. The summed E-state index contributed by atoms with van der Waals surface area (Å²) >= 11 is 3.57. The van der Waals surface area contributed by atoms with E-state index in [1.54, 1.807) is 0 Å². The Labute approximate surface area is 99.8 Å². The molecule has 1 saturated heterocycles. The van der Waals surface area contributed by atoms with Crippen LogP contribution in [0.15, 0.2) is 18.3 Å². The summed E-state index contributed by atoms with van der Waals surface area (Å²) in [5.41, 5.74) is 1.29. The first-order valence-electron chi connectivity index (χ1n) is 5.54. The Balaban J connectivity index is 2.04. The van der Waals surface area contributed by atoms with Crippen LogP contribution in [-0.2, 0) is 0 Å². The predicted octanol–water partition coefficient (Wildman–Crippen LogP) is 3.00. The molecule has 0 amide bonds. The zero-order valence-electron chi connectivity index (χ0n) is 9.12. The van der Waals surface area contributed by atoms with Gasteiger partial charge in [0.05, 0.1) is 0 Å². The number of pyridine rings is 1. The highest BCUT2D eigenvalue weighted by molar-refractivity contribution is 9.09. The largest absolute Gasteiger partial charge is 0.356 e. The molecule has 1 aromatic heterocycles. The third-order valence-corrected chi connectivity index (χ3v) is 4.03. The average molecular weight is 269 g/mol. The summed E-state index contributed by atoms with van der Waals surface area (Å²) in [5.74, 6) is 2.02. The molecule has 1 aliphatic rings. The lowest BCUT2D eigenvalue weighted by atomic mass is 9.99. The molecule has 0 spiro atoms. The van der Waals surface area contributed by atoms with Crippen molar-refractivity contribution < 1.29 is 0 Å². The van der Waals surface area contributed by atoms with Crippen molar-refractivity contribution in [1.29, 1.82) is 0 Å². The van der Waals surface area contributed by atoms with Crippen LogP contribution in [0.25, 0.3) is 0 Å². The molecule has 0 saturated carbocycles. The number of aromatic nitrogens is 1. The molecule has 2 rings (SSSR count). The van der Waals surface area contributed by atoms with Gasteiger partial charge in [0.15, 0.2) is 0 Å². The summed E-state index contributed by atoms with van der Waals surface area (Å²) in [6.07, 6.45) is 4.45. The maximum absolute atomic E-state index is 4.47. The van der Waals surface area contributed by atoms with Gasteiger partial charge in [-0.3, -0.25) is 0 Å². The van der Waals surface area contributed by atoms with E-state index in [1.165, 1.54) is 24.2 Å². The minimum absolute atomic E-state index is 0.852. The summed E-state index contributed by atoms with van der Waals surface area (Å²) in [6, 6.07) is 4.14. The zero-order valence-corrected chi connectivity index (χ0v) is 10.7. The van der Waals surface area contributed by atoms with Crippen LogP contribution in [0.3, 0.4) is 0 Å². The van der Waals surface area contributed by atoms with Crippen molar-refractivity contribution in [2.24, 2.45) is 5.92 Å². The first-order chi connectivity index (χ1) is 7.31. The number of hydrogen-bond acceptors (Lipinski definition) is 2. The molecule has 0 radical (unpaired) electrons. The van der Waals surface area contributed by atoms with Crippen LogP contribution in [0.4, 0.5) is 5.82 Å². The van der Waals surface area contributed by atoms with Crippen molar-refractivity contribution in [3.8, 4) is 0 Å². The number of piperidine rings is 1. The number of anilines is 1. The second-order valence-electron chi connectivity index (χ2n) is 4.23. The third-order valence-electron chi connectivity index (χ3n) is 3.11. The summed E-state index contributed by atoms with van der Waals surface area (Å²) in [7, 11) is 0. The number of alkyl halides is 1. The first kappa shape index (κ1) is 10.9. The Morgan fingerprint density at radius 2 is 2.20 bits per heavy atom. The fourth-order valence-corrected chi connectivity index (χ4v) is 2.75. The second-order valence-corrected chi connectivity index (χ2v) is 4.88. The Bertz CT molecular complexity index is 319. The predicted molar refractivity (Wildman–Crippen MR) is 67.7 cm³/mol. The van der Waals surface area contributed by atoms with Gasteiger partial charge in [-0.15, -0.1) is 0 Å². The van der Waals surface area contributed by atoms with E-state index in [4.69, 9.17) is 0 Å². The van der Waals surface area contributed by atoms with E-state index in [-0.39, 0.29) is 0 Å². The molecule has 15 heavy (non-hydrogen) atoms. The fraction of sp³-hybridized carbons (Fsp3) is 0.583. The molecule has 0 N–H and O–H groups in total. The second kappa shape index (κ2) is 4.97. The Hall–Kier alpha value is -0.570. The SMILES string of the molecule is Cc1cccnc1N1CCC(CBr)CC1. The van der Waals surface area contributed by atoms with Crippen molar-refractivity contribution in [2.45, 2.75) is 19.8 Å². The highest BCUT2D eigenvalue weighted by atomic mass is 79.9. The van der Waals surface area contributed by atoms with E-state index in [0.29, 0.717) is 0 Å². The number of aryl methyl sites for hydroxylation is 1. The molecule has 1 fully saturated rings. The van der Waals surface area contributed by atoms with Gasteiger partial charge in [-0.05, 0) is 37.3 Å². The maximum atomic E-state index is 4.47. The number of halogens is 1. The quantitative estimate of drug-likeness (QED) is 0.767. The normalized spacial score (nSPS) is 18.1. The van der Waals surface area contributed by atoms with Crippen LogP contribution in [0.2, 0.25) is 0 Å². The van der Waals surface area contributed by atoms with Gasteiger partial charge in [-0.2, -0.15) is 0 Å². The van der Waals surface area contributed by atoms with Crippen LogP contribution >= 0.6 is 15.9 Å². The molecule has 0 atom stereocenters. The van der Waals surface area contributed by atoms with E-state index in [2.05, 4.69) is 38.8 Å². The molecule has 1 aromatic rings. The third kappa shape index (κ3) is 2.51. The first-order valence-corrected chi connectivity index (χ1v) is 6.66. The van der Waals surface area contributed by atoms with Crippen molar-refractivity contribution in [3.05, 3.63) is 23.9 Å². The Morgan fingerprint density at radius 3 is 2.80 bits per heavy atom. The molecule has 82 valence electrons. The summed E-state index contributed by atoms with van der Waals surface area (Å²) in [5, 5.41) is 1.14. The van der Waals surface area contributed by atoms with E-state index in [1.807, 2.05) is 12.3 Å². The topological polar surface area (TPSA) is 16.1 Å². The van der Waals surface area contributed by atoms with Crippen LogP contribution in [0.1, 0.15) is 18.4 Å². The van der Waals surface area contributed by atoms with Gasteiger partial charge < -0.3 is 4.90 Å². The molecule has 0 aliphatic carbocycles. The van der Waals surface area contributed by atoms with Crippen LogP contribution in [0, 0.1) is 12.8 Å². The molecule has 0 bridgehead atoms. The van der Waals surface area contributed by atoms with E-state index < -0.39 is 0 Å². The summed E-state index contributed by atoms with van der Waals surface area (Å²) < 4.78 is 0. The van der Waals surface area contributed by atoms with Crippen LogP contribution < -0.4 is 4.90 Å². The molecular formula is C12H17BrN2. The number of hydrogen-bond donors (Lipinski definition) is 0. The molecule has 2 heterocycles. The minimum Gasteiger partial charge on any atom is -0.356 e. The standard InChI is InChI=1S/C12H17BrN2/c1-10-3-2-6-14-12(10)15-7-4-11(9-13)5-8-15/h2-3,6,11H,4-5,7-9H2,1H3. The van der Waals surface area contributed by atoms with Crippen LogP contribution in [-0.4, -0.2) is 23.4 Å². The lowest BCUT2D eigenvalue weighted by Crippen LogP contribution is -2.35. The zero-order chi connectivity index (χ0) is 10.7. The lowest BCUT2D eigenvalue weighted by molar-refractivity contribution is 0.445.